The number of carboxylic acids is 1. The van der Waals surface area contributed by atoms with Crippen molar-refractivity contribution in [3.8, 4) is 0 Å². The normalized spacial score (nSPS) is 54.0. The predicted octanol–water partition coefficient (Wildman–Crippen LogP) is 2.53. The smallest absolute Gasteiger partial charge is 0.335 e. The fourth-order valence-electron chi connectivity index (χ4n) is 13.8. The fourth-order valence-corrected chi connectivity index (χ4v) is 13.8. The van der Waals surface area contributed by atoms with Gasteiger partial charge in [0, 0.05) is 0 Å². The Morgan fingerprint density at radius 1 is 0.786 bits per heavy atom. The standard InChI is InChI=1S/C42H66O14/c1-19-20(2)27-21-9-10-25-39(5)13-12-26(54-36-33(30(47)29(46)32(55-36)34(49)50)56-35-31(48)28(45)23(44)18-53-35)38(3,4)24(39)11-14-41(25,7)40(21,6)15-16-42(27,17-22(19)43)37(51)52-8/h9,19-20,22-33,35-36,43-48H,10-18H2,1-8H3,(H,49,50)/t19-,20-,22-,23-,24-,25+,26-,27-,28-,29-,30-,31+,32-,33+,35+,36+,39-,40+,41+,42+/m0/s1. The van der Waals surface area contributed by atoms with E-state index in [2.05, 4.69) is 54.5 Å². The van der Waals surface area contributed by atoms with Crippen molar-refractivity contribution >= 4 is 11.9 Å². The summed E-state index contributed by atoms with van der Waals surface area (Å²) in [5.74, 6) is -1.07. The summed E-state index contributed by atoms with van der Waals surface area (Å²) in [5.41, 5.74) is -0.211. The predicted molar refractivity (Wildman–Crippen MR) is 198 cm³/mol. The SMILES string of the molecule is COC(=O)[C@@]12CC[C@]3(C)C(=CC[C@@H]4[C@@]5(C)CC[C@H](O[C@@H]6O[C@H](C(=O)O)[C@@H](O)[C@H](O)[C@H]6O[C@H]6OC[C@H](O)[C@H](O)[C@H]6O)C(C)(C)[C@@H]5CC[C@]43C)[C@@H]1[C@@H](C)[C@H](C)[C@@H](O)C2. The lowest BCUT2D eigenvalue weighted by atomic mass is 9.33. The Labute approximate surface area is 329 Å². The van der Waals surface area contributed by atoms with Crippen LogP contribution in [-0.4, -0.2) is 129 Å². The lowest BCUT2D eigenvalue weighted by molar-refractivity contribution is -0.366. The van der Waals surface area contributed by atoms with Crippen LogP contribution >= 0.6 is 0 Å². The monoisotopic (exact) mass is 794 g/mol. The third-order valence-electron chi connectivity index (χ3n) is 17.4. The number of methoxy groups -OCH3 is 1. The van der Waals surface area contributed by atoms with Gasteiger partial charge in [-0.1, -0.05) is 60.1 Å². The highest BCUT2D eigenvalue weighted by atomic mass is 16.8. The first-order valence-electron chi connectivity index (χ1n) is 20.8. The number of aliphatic carboxylic acids is 1. The molecule has 0 aromatic heterocycles. The van der Waals surface area contributed by atoms with Gasteiger partial charge in [-0.2, -0.15) is 0 Å². The summed E-state index contributed by atoms with van der Waals surface area (Å²) in [6, 6.07) is 0. The van der Waals surface area contributed by atoms with Crippen molar-refractivity contribution in [3.05, 3.63) is 11.6 Å². The van der Waals surface area contributed by atoms with E-state index in [1.54, 1.807) is 0 Å². The van der Waals surface area contributed by atoms with E-state index in [1.165, 1.54) is 12.7 Å². The molecule has 0 spiro atoms. The number of carboxylic acid groups (broad SMARTS) is 1. The topological polar surface area (TPSA) is 222 Å². The van der Waals surface area contributed by atoms with Gasteiger partial charge in [0.1, 0.15) is 36.6 Å². The average Bonchev–Trinajstić information content (AvgIpc) is 3.14. The molecule has 2 aliphatic heterocycles. The molecule has 14 heteroatoms. The molecule has 7 aliphatic rings. The van der Waals surface area contributed by atoms with Gasteiger partial charge in [-0.25, -0.2) is 4.79 Å². The lowest BCUT2D eigenvalue weighted by Gasteiger charge is -2.71. The first-order valence-corrected chi connectivity index (χ1v) is 20.8. The second-order valence-electron chi connectivity index (χ2n) is 20.0. The Kier molecular flexibility index (Phi) is 11.0. The van der Waals surface area contributed by atoms with E-state index in [-0.39, 0.29) is 52.5 Å². The van der Waals surface area contributed by atoms with Gasteiger partial charge in [-0.15, -0.1) is 0 Å². The first-order chi connectivity index (χ1) is 26.1. The molecule has 0 bridgehead atoms. The van der Waals surface area contributed by atoms with Crippen molar-refractivity contribution in [1.82, 2.24) is 0 Å². The zero-order chi connectivity index (χ0) is 41.1. The van der Waals surface area contributed by atoms with Crippen molar-refractivity contribution in [2.75, 3.05) is 13.7 Å². The van der Waals surface area contributed by atoms with Crippen LogP contribution in [0.5, 0.6) is 0 Å². The molecular formula is C42H66O14. The highest BCUT2D eigenvalue weighted by Gasteiger charge is 2.70. The Bertz CT molecular complexity index is 1550. The maximum absolute atomic E-state index is 13.7. The van der Waals surface area contributed by atoms with Gasteiger partial charge in [0.25, 0.3) is 0 Å². The van der Waals surface area contributed by atoms with E-state index in [4.69, 9.17) is 23.7 Å². The molecule has 318 valence electrons. The number of esters is 1. The number of aliphatic hydroxyl groups excluding tert-OH is 6. The van der Waals surface area contributed by atoms with Crippen LogP contribution in [0, 0.1) is 56.7 Å². The Morgan fingerprint density at radius 2 is 1.48 bits per heavy atom. The van der Waals surface area contributed by atoms with Crippen molar-refractivity contribution in [3.63, 3.8) is 0 Å². The van der Waals surface area contributed by atoms with Gasteiger partial charge in [-0.05, 0) is 103 Å². The first kappa shape index (κ1) is 42.4. The minimum absolute atomic E-state index is 0.0152. The number of fused-ring (bicyclic) bond motifs is 7. The molecular weight excluding hydrogens is 728 g/mol. The molecule has 56 heavy (non-hydrogen) atoms. The minimum atomic E-state index is -1.89. The lowest BCUT2D eigenvalue weighted by Crippen LogP contribution is -2.67. The van der Waals surface area contributed by atoms with E-state index in [1.807, 2.05) is 0 Å². The highest BCUT2D eigenvalue weighted by Crippen LogP contribution is 2.76. The number of aliphatic hydroxyl groups is 6. The number of rotatable bonds is 6. The maximum Gasteiger partial charge on any atom is 0.335 e. The molecule has 2 saturated heterocycles. The molecule has 0 aromatic rings. The van der Waals surface area contributed by atoms with Gasteiger partial charge in [-0.3, -0.25) is 4.79 Å². The molecule has 0 aromatic carbocycles. The average molecular weight is 795 g/mol. The summed E-state index contributed by atoms with van der Waals surface area (Å²) in [6.45, 7) is 15.6. The van der Waals surface area contributed by atoms with Crippen LogP contribution in [0.1, 0.15) is 99.8 Å². The third kappa shape index (κ3) is 6.01. The van der Waals surface area contributed by atoms with Crippen LogP contribution in [0.25, 0.3) is 0 Å². The zero-order valence-electron chi connectivity index (χ0n) is 34.2. The number of allylic oxidation sites excluding steroid dienone is 2. The molecule has 20 atom stereocenters. The number of ether oxygens (including phenoxy) is 5. The van der Waals surface area contributed by atoms with Crippen LogP contribution in [0.2, 0.25) is 0 Å². The molecule has 5 aliphatic carbocycles. The van der Waals surface area contributed by atoms with Gasteiger partial charge in [0.05, 0.1) is 31.3 Å². The van der Waals surface area contributed by atoms with E-state index < -0.39 is 84.3 Å². The maximum atomic E-state index is 13.7. The van der Waals surface area contributed by atoms with Crippen LogP contribution < -0.4 is 0 Å². The number of hydrogen-bond acceptors (Lipinski definition) is 13. The van der Waals surface area contributed by atoms with Crippen LogP contribution in [0.15, 0.2) is 11.6 Å². The molecule has 0 radical (unpaired) electrons. The number of carbonyl (C=O) groups excluding carboxylic acids is 1. The van der Waals surface area contributed by atoms with Crippen molar-refractivity contribution in [2.24, 2.45) is 56.7 Å². The van der Waals surface area contributed by atoms with Gasteiger partial charge >= 0.3 is 11.9 Å². The summed E-state index contributed by atoms with van der Waals surface area (Å²) < 4.78 is 29.3. The largest absolute Gasteiger partial charge is 0.479 e. The summed E-state index contributed by atoms with van der Waals surface area (Å²) in [7, 11) is 1.46. The highest BCUT2D eigenvalue weighted by molar-refractivity contribution is 5.79. The van der Waals surface area contributed by atoms with E-state index in [9.17, 15) is 45.3 Å². The molecule has 2 heterocycles. The zero-order valence-corrected chi connectivity index (χ0v) is 34.2. The van der Waals surface area contributed by atoms with Gasteiger partial charge < -0.3 is 59.4 Å². The van der Waals surface area contributed by atoms with E-state index >= 15 is 0 Å². The summed E-state index contributed by atoms with van der Waals surface area (Å²) in [5, 5.41) is 73.9. The van der Waals surface area contributed by atoms with E-state index in [0.717, 1.165) is 32.1 Å². The number of hydrogen-bond donors (Lipinski definition) is 7. The Balaban J connectivity index is 1.17. The fraction of sp³-hybridized carbons (Fsp3) is 0.905. The second-order valence-corrected chi connectivity index (χ2v) is 20.0. The van der Waals surface area contributed by atoms with E-state index in [0.29, 0.717) is 25.2 Å². The van der Waals surface area contributed by atoms with Crippen LogP contribution in [0.4, 0.5) is 0 Å². The molecule has 4 saturated carbocycles. The van der Waals surface area contributed by atoms with Crippen molar-refractivity contribution in [1.29, 1.82) is 0 Å². The van der Waals surface area contributed by atoms with Crippen LogP contribution in [-0.2, 0) is 33.3 Å². The minimum Gasteiger partial charge on any atom is -0.479 e. The molecule has 7 rings (SSSR count). The van der Waals surface area contributed by atoms with Crippen molar-refractivity contribution < 1.29 is 69.0 Å². The summed E-state index contributed by atoms with van der Waals surface area (Å²) in [4.78, 5) is 25.9. The Hall–Kier alpha value is -1.72. The molecule has 6 fully saturated rings. The second kappa shape index (κ2) is 14.5. The van der Waals surface area contributed by atoms with Crippen LogP contribution in [0.3, 0.4) is 0 Å². The summed E-state index contributed by atoms with van der Waals surface area (Å²) >= 11 is 0. The molecule has 14 nitrogen and oxygen atoms in total. The van der Waals surface area contributed by atoms with Crippen molar-refractivity contribution in [2.45, 2.75) is 167 Å². The Morgan fingerprint density at radius 3 is 2.14 bits per heavy atom. The number of carbonyl (C=O) groups is 2. The molecule has 0 unspecified atom stereocenters. The molecule has 7 N–H and O–H groups in total. The van der Waals surface area contributed by atoms with Gasteiger partial charge in [0.15, 0.2) is 18.7 Å². The molecule has 0 amide bonds. The summed E-state index contributed by atoms with van der Waals surface area (Å²) in [6.07, 6.45) is -7.24. The third-order valence-corrected chi connectivity index (χ3v) is 17.4. The van der Waals surface area contributed by atoms with Gasteiger partial charge in [0.2, 0.25) is 0 Å². The quantitative estimate of drug-likeness (QED) is 0.117.